The Morgan fingerprint density at radius 1 is 0.962 bits per heavy atom. The Morgan fingerprint density at radius 3 is 2.65 bits per heavy atom. The van der Waals surface area contributed by atoms with Gasteiger partial charge in [0.25, 0.3) is 0 Å². The molecule has 1 fully saturated rings. The van der Waals surface area contributed by atoms with Crippen molar-refractivity contribution in [2.45, 2.75) is 31.8 Å². The molecule has 0 bridgehead atoms. The van der Waals surface area contributed by atoms with E-state index in [2.05, 4.69) is 0 Å². The summed E-state index contributed by atoms with van der Waals surface area (Å²) in [5.74, 6) is 3.07. The number of para-hydroxylation sites is 1. The molecule has 2 heterocycles. The van der Waals surface area contributed by atoms with Gasteiger partial charge in [0, 0.05) is 18.2 Å². The van der Waals surface area contributed by atoms with Crippen LogP contribution < -0.4 is 18.9 Å². The summed E-state index contributed by atoms with van der Waals surface area (Å²) in [7, 11) is 0. The third-order valence-electron chi connectivity index (χ3n) is 4.92. The molecular formula is C20H19NO5. The molecule has 0 atom stereocenters. The van der Waals surface area contributed by atoms with Crippen LogP contribution in [0.3, 0.4) is 0 Å². The van der Waals surface area contributed by atoms with Crippen LogP contribution in [0, 0.1) is 0 Å². The molecule has 3 aliphatic rings. The third-order valence-corrected chi connectivity index (χ3v) is 4.92. The molecular weight excluding hydrogens is 334 g/mol. The van der Waals surface area contributed by atoms with Crippen molar-refractivity contribution in [3.05, 3.63) is 47.5 Å². The zero-order chi connectivity index (χ0) is 17.5. The fourth-order valence-corrected chi connectivity index (χ4v) is 3.43. The summed E-state index contributed by atoms with van der Waals surface area (Å²) >= 11 is 0. The summed E-state index contributed by atoms with van der Waals surface area (Å²) in [6, 6.07) is 11.8. The Bertz CT molecular complexity index is 861. The zero-order valence-electron chi connectivity index (χ0n) is 14.3. The number of rotatable bonds is 5. The first-order valence-corrected chi connectivity index (χ1v) is 8.83. The second-order valence-electron chi connectivity index (χ2n) is 6.77. The molecule has 134 valence electrons. The normalized spacial score (nSPS) is 16.6. The number of hydrogen-bond acceptors (Lipinski definition) is 5. The Hall–Kier alpha value is -2.89. The van der Waals surface area contributed by atoms with E-state index >= 15 is 0 Å². The number of carbonyl (C=O) groups is 1. The van der Waals surface area contributed by atoms with Gasteiger partial charge in [0.2, 0.25) is 19.5 Å². The van der Waals surface area contributed by atoms with Gasteiger partial charge >= 0.3 is 0 Å². The van der Waals surface area contributed by atoms with E-state index in [1.54, 1.807) is 0 Å². The molecule has 0 radical (unpaired) electrons. The van der Waals surface area contributed by atoms with Crippen LogP contribution in [0.4, 0.5) is 0 Å². The maximum Gasteiger partial charge on any atom is 0.231 e. The summed E-state index contributed by atoms with van der Waals surface area (Å²) < 4.78 is 21.8. The quantitative estimate of drug-likeness (QED) is 0.827. The predicted molar refractivity (Wildman–Crippen MR) is 92.4 cm³/mol. The lowest BCUT2D eigenvalue weighted by Gasteiger charge is -2.23. The molecule has 6 heteroatoms. The van der Waals surface area contributed by atoms with Crippen molar-refractivity contribution >= 4 is 5.91 Å². The average molecular weight is 353 g/mol. The van der Waals surface area contributed by atoms with Gasteiger partial charge in [-0.15, -0.1) is 0 Å². The number of carbonyl (C=O) groups excluding carboxylic acids is 1. The van der Waals surface area contributed by atoms with E-state index in [-0.39, 0.29) is 19.5 Å². The number of amides is 1. The molecule has 0 spiro atoms. The molecule has 0 saturated heterocycles. The van der Waals surface area contributed by atoms with Crippen LogP contribution in [0.25, 0.3) is 0 Å². The molecule has 2 aromatic rings. The van der Waals surface area contributed by atoms with Crippen molar-refractivity contribution in [1.29, 1.82) is 0 Å². The molecule has 26 heavy (non-hydrogen) atoms. The Kier molecular flexibility index (Phi) is 3.62. The molecule has 0 unspecified atom stereocenters. The van der Waals surface area contributed by atoms with Gasteiger partial charge in [-0.25, -0.2) is 0 Å². The van der Waals surface area contributed by atoms with Gasteiger partial charge in [-0.2, -0.15) is 0 Å². The van der Waals surface area contributed by atoms with E-state index in [9.17, 15) is 4.79 Å². The second-order valence-corrected chi connectivity index (χ2v) is 6.77. The highest BCUT2D eigenvalue weighted by atomic mass is 16.7. The number of ether oxygens (including phenoxy) is 4. The highest BCUT2D eigenvalue weighted by molar-refractivity contribution is 5.80. The fraction of sp³-hybridized carbons (Fsp3) is 0.350. The fourth-order valence-electron chi connectivity index (χ4n) is 3.43. The number of benzene rings is 2. The largest absolute Gasteiger partial charge is 0.454 e. The minimum Gasteiger partial charge on any atom is -0.454 e. The van der Waals surface area contributed by atoms with Gasteiger partial charge in [-0.05, 0) is 36.6 Å². The second kappa shape index (κ2) is 6.12. The van der Waals surface area contributed by atoms with E-state index in [1.807, 2.05) is 41.3 Å². The van der Waals surface area contributed by atoms with E-state index in [0.29, 0.717) is 24.8 Å². The van der Waals surface area contributed by atoms with Gasteiger partial charge in [-0.3, -0.25) is 4.79 Å². The summed E-state index contributed by atoms with van der Waals surface area (Å²) in [5.41, 5.74) is 1.92. The molecule has 0 N–H and O–H groups in total. The monoisotopic (exact) mass is 353 g/mol. The minimum absolute atomic E-state index is 0.114. The lowest BCUT2D eigenvalue weighted by atomic mass is 10.1. The number of hydrogen-bond donors (Lipinski definition) is 0. The van der Waals surface area contributed by atoms with E-state index in [0.717, 1.165) is 41.2 Å². The van der Waals surface area contributed by atoms with Crippen LogP contribution >= 0.6 is 0 Å². The van der Waals surface area contributed by atoms with Crippen molar-refractivity contribution in [2.24, 2.45) is 0 Å². The summed E-state index contributed by atoms with van der Waals surface area (Å²) in [4.78, 5) is 14.9. The summed E-state index contributed by atoms with van der Waals surface area (Å²) in [5, 5.41) is 0. The Morgan fingerprint density at radius 2 is 1.77 bits per heavy atom. The van der Waals surface area contributed by atoms with Crippen molar-refractivity contribution in [2.75, 3.05) is 13.6 Å². The smallest absolute Gasteiger partial charge is 0.231 e. The van der Waals surface area contributed by atoms with Crippen LogP contribution in [-0.2, 0) is 17.8 Å². The highest BCUT2D eigenvalue weighted by Gasteiger charge is 2.33. The standard InChI is InChI=1S/C20H19NO5/c22-19(9-13-4-7-16-18(8-13)25-11-23-16)21(15-5-6-15)10-14-2-1-3-17-20(14)26-12-24-17/h1-4,7-8,15H,5-6,9-12H2. The lowest BCUT2D eigenvalue weighted by Crippen LogP contribution is -2.33. The maximum absolute atomic E-state index is 13.0. The first-order chi connectivity index (χ1) is 12.8. The maximum atomic E-state index is 13.0. The SMILES string of the molecule is O=C(Cc1ccc2c(c1)OCO2)N(Cc1cccc2c1OCO2)C1CC1. The van der Waals surface area contributed by atoms with E-state index in [1.165, 1.54) is 0 Å². The molecule has 0 aromatic heterocycles. The Balaban J connectivity index is 1.34. The summed E-state index contributed by atoms with van der Waals surface area (Å²) in [6.45, 7) is 1.02. The molecule has 5 rings (SSSR count). The first-order valence-electron chi connectivity index (χ1n) is 8.83. The van der Waals surface area contributed by atoms with Gasteiger partial charge in [0.1, 0.15) is 0 Å². The van der Waals surface area contributed by atoms with Crippen molar-refractivity contribution in [3.63, 3.8) is 0 Å². The number of nitrogens with zero attached hydrogens (tertiary/aromatic N) is 1. The van der Waals surface area contributed by atoms with Crippen LogP contribution in [0.15, 0.2) is 36.4 Å². The van der Waals surface area contributed by atoms with Gasteiger partial charge < -0.3 is 23.8 Å². The van der Waals surface area contributed by atoms with Crippen LogP contribution in [0.5, 0.6) is 23.0 Å². The summed E-state index contributed by atoms with van der Waals surface area (Å²) in [6.07, 6.45) is 2.46. The van der Waals surface area contributed by atoms with Crippen molar-refractivity contribution in [3.8, 4) is 23.0 Å². The lowest BCUT2D eigenvalue weighted by molar-refractivity contribution is -0.131. The van der Waals surface area contributed by atoms with Crippen molar-refractivity contribution < 1.29 is 23.7 Å². The van der Waals surface area contributed by atoms with Crippen LogP contribution in [0.1, 0.15) is 24.0 Å². The first kappa shape index (κ1) is 15.4. The topological polar surface area (TPSA) is 57.2 Å². The van der Waals surface area contributed by atoms with Gasteiger partial charge in [-0.1, -0.05) is 18.2 Å². The zero-order valence-corrected chi connectivity index (χ0v) is 14.3. The van der Waals surface area contributed by atoms with E-state index in [4.69, 9.17) is 18.9 Å². The third kappa shape index (κ3) is 2.81. The molecule has 1 saturated carbocycles. The Labute approximate surface area is 151 Å². The van der Waals surface area contributed by atoms with Gasteiger partial charge in [0.15, 0.2) is 23.0 Å². The average Bonchev–Trinajstić information content (AvgIpc) is 3.17. The molecule has 6 nitrogen and oxygen atoms in total. The van der Waals surface area contributed by atoms with Crippen LogP contribution in [-0.4, -0.2) is 30.4 Å². The van der Waals surface area contributed by atoms with Gasteiger partial charge in [0.05, 0.1) is 6.42 Å². The molecule has 2 aromatic carbocycles. The molecule has 1 amide bonds. The van der Waals surface area contributed by atoms with Crippen LogP contribution in [0.2, 0.25) is 0 Å². The molecule has 1 aliphatic carbocycles. The molecule has 2 aliphatic heterocycles. The van der Waals surface area contributed by atoms with Crippen molar-refractivity contribution in [1.82, 2.24) is 4.90 Å². The highest BCUT2D eigenvalue weighted by Crippen LogP contribution is 2.38. The number of fused-ring (bicyclic) bond motifs is 2. The minimum atomic E-state index is 0.114. The van der Waals surface area contributed by atoms with E-state index < -0.39 is 0 Å². The predicted octanol–water partition coefficient (Wildman–Crippen LogP) is 2.88.